The van der Waals surface area contributed by atoms with Crippen LogP contribution in [0.1, 0.15) is 105 Å². The molecule has 1 N–H and O–H groups in total. The van der Waals surface area contributed by atoms with Crippen LogP contribution in [0.3, 0.4) is 0 Å². The molecule has 3 saturated carbocycles. The van der Waals surface area contributed by atoms with Crippen LogP contribution in [0, 0.1) is 46.3 Å². The van der Waals surface area contributed by atoms with E-state index in [1.54, 1.807) is 5.57 Å². The quantitative estimate of drug-likeness (QED) is 0.405. The Hall–Kier alpha value is -0.305. The number of aliphatic hydroxyl groups is 1. The summed E-state index contributed by atoms with van der Waals surface area (Å²) in [6, 6.07) is 0. The highest BCUT2D eigenvalue weighted by Gasteiger charge is 2.59. The van der Waals surface area contributed by atoms with Crippen LogP contribution >= 0.6 is 0 Å². The molecule has 0 bridgehead atoms. The maximum Gasteiger partial charge on any atom is 0.0814 e. The lowest BCUT2D eigenvalue weighted by atomic mass is 9.47. The van der Waals surface area contributed by atoms with E-state index < -0.39 is 0 Å². The Kier molecular flexibility index (Phi) is 8.37. The van der Waals surface area contributed by atoms with Gasteiger partial charge in [-0.3, -0.25) is 4.70 Å². The molecule has 4 aliphatic carbocycles. The van der Waals surface area contributed by atoms with Gasteiger partial charge in [-0.25, -0.2) is 0 Å². The molecular formula is C27H50BFO. The van der Waals surface area contributed by atoms with E-state index in [4.69, 9.17) is 0 Å². The Labute approximate surface area is 187 Å². The first-order valence-corrected chi connectivity index (χ1v) is 12.6. The monoisotopic (exact) mass is 420 g/mol. The predicted octanol–water partition coefficient (Wildman–Crippen LogP) is 6.36. The van der Waals surface area contributed by atoms with Crippen LogP contribution in [0.5, 0.6) is 0 Å². The largest absolute Gasteiger partial charge is 0.393 e. The summed E-state index contributed by atoms with van der Waals surface area (Å²) in [5, 5.41) is 10.2. The Bertz CT molecular complexity index is 604. The minimum Gasteiger partial charge on any atom is -0.393 e. The Morgan fingerprint density at radius 1 is 1.00 bits per heavy atom. The van der Waals surface area contributed by atoms with Gasteiger partial charge in [0, 0.05) is 0 Å². The van der Waals surface area contributed by atoms with Crippen LogP contribution in [-0.2, 0) is 0 Å². The van der Waals surface area contributed by atoms with Gasteiger partial charge in [0.1, 0.15) is 0 Å². The zero-order valence-corrected chi connectivity index (χ0v) is 19.8. The Morgan fingerprint density at radius 3 is 2.43 bits per heavy atom. The lowest BCUT2D eigenvalue weighted by Crippen LogP contribution is -2.50. The molecule has 0 aromatic carbocycles. The third-order valence-corrected chi connectivity index (χ3v) is 10.3. The number of fused-ring (bicyclic) bond motifs is 5. The summed E-state index contributed by atoms with van der Waals surface area (Å²) in [7, 11) is 0. The van der Waals surface area contributed by atoms with Crippen LogP contribution in [0.4, 0.5) is 4.70 Å². The normalized spacial score (nSPS) is 43.4. The fourth-order valence-corrected chi connectivity index (χ4v) is 8.67. The average molecular weight is 421 g/mol. The van der Waals surface area contributed by atoms with Gasteiger partial charge in [0.05, 0.1) is 14.5 Å². The zero-order chi connectivity index (χ0) is 20.1. The van der Waals surface area contributed by atoms with E-state index in [-0.39, 0.29) is 19.2 Å². The van der Waals surface area contributed by atoms with E-state index in [0.29, 0.717) is 10.8 Å². The Morgan fingerprint density at radius 2 is 1.73 bits per heavy atom. The first kappa shape index (κ1) is 26.0. The summed E-state index contributed by atoms with van der Waals surface area (Å²) in [5.74, 6) is 5.46. The molecule has 4 rings (SSSR count). The number of allylic oxidation sites excluding steroid dienone is 1. The van der Waals surface area contributed by atoms with Crippen molar-refractivity contribution in [1.82, 2.24) is 0 Å². The molecule has 0 spiro atoms. The van der Waals surface area contributed by atoms with E-state index in [0.717, 1.165) is 48.3 Å². The van der Waals surface area contributed by atoms with E-state index in [1.165, 1.54) is 57.8 Å². The van der Waals surface area contributed by atoms with Crippen molar-refractivity contribution in [2.24, 2.45) is 46.3 Å². The fraction of sp³-hybridized carbons (Fsp3) is 0.926. The molecule has 8 atom stereocenters. The van der Waals surface area contributed by atoms with Crippen molar-refractivity contribution in [1.29, 1.82) is 0 Å². The fourth-order valence-electron chi connectivity index (χ4n) is 8.67. The molecule has 0 heterocycles. The maximum absolute atomic E-state index is 10.2. The minimum atomic E-state index is -0.0766. The molecule has 1 nitrogen and oxygen atoms in total. The first-order chi connectivity index (χ1) is 13.3. The molecule has 174 valence electrons. The molecule has 3 heteroatoms. The van der Waals surface area contributed by atoms with Crippen LogP contribution in [0.15, 0.2) is 11.6 Å². The number of halogens is 1. The van der Waals surface area contributed by atoms with Crippen LogP contribution in [0.2, 0.25) is 0 Å². The van der Waals surface area contributed by atoms with Crippen molar-refractivity contribution < 1.29 is 9.81 Å². The summed E-state index contributed by atoms with van der Waals surface area (Å²) in [6.07, 6.45) is 17.2. The van der Waals surface area contributed by atoms with Crippen molar-refractivity contribution in [2.45, 2.75) is 111 Å². The molecule has 3 fully saturated rings. The minimum absolute atomic E-state index is 0. The second-order valence-electron chi connectivity index (χ2n) is 12.2. The zero-order valence-electron chi connectivity index (χ0n) is 19.8. The molecule has 0 radical (unpaired) electrons. The standard InChI is InChI=1S/C27H46O.BH3.FH/c1-18(2)7-6-8-19(3)23-11-12-24-22-10-9-20-17-21(28)13-15-26(20,4)25(22)14-16-27(23,24)5;;/h9,18-19,21-25,28H,6-8,10-17H2,1-5H3;1H3;1H/t19?,21-,22-,23+,24-,25-,26-,27+;;/m0../s1. The van der Waals surface area contributed by atoms with Gasteiger partial charge >= 0.3 is 0 Å². The van der Waals surface area contributed by atoms with Crippen LogP contribution in [0.25, 0.3) is 0 Å². The van der Waals surface area contributed by atoms with E-state index in [1.807, 2.05) is 0 Å². The summed E-state index contributed by atoms with van der Waals surface area (Å²) in [5.41, 5.74) is 2.60. The molecule has 0 aromatic heterocycles. The van der Waals surface area contributed by atoms with E-state index in [2.05, 4.69) is 40.7 Å². The highest BCUT2D eigenvalue weighted by Crippen LogP contribution is 2.67. The van der Waals surface area contributed by atoms with Crippen molar-refractivity contribution in [3.63, 3.8) is 0 Å². The van der Waals surface area contributed by atoms with Crippen molar-refractivity contribution in [3.8, 4) is 0 Å². The predicted molar refractivity (Wildman–Crippen MR) is 131 cm³/mol. The second kappa shape index (κ2) is 9.68. The Balaban J connectivity index is 0.00000160. The SMILES string of the molecule is B.CC(C)CCCC(C)[C@H]1CC[C@H]2[C@@H]3CC=C4C[C@@H](O)CC[C@]4(C)[C@H]3CC[C@]12C.F. The lowest BCUT2D eigenvalue weighted by molar-refractivity contribution is -0.0573. The highest BCUT2D eigenvalue weighted by atomic mass is 19.0. The van der Waals surface area contributed by atoms with Crippen molar-refractivity contribution in [3.05, 3.63) is 11.6 Å². The van der Waals surface area contributed by atoms with Gasteiger partial charge < -0.3 is 5.11 Å². The topological polar surface area (TPSA) is 20.2 Å². The van der Waals surface area contributed by atoms with Crippen LogP contribution in [-0.4, -0.2) is 19.6 Å². The van der Waals surface area contributed by atoms with Crippen molar-refractivity contribution >= 4 is 8.41 Å². The van der Waals surface area contributed by atoms with Gasteiger partial charge in [-0.2, -0.15) is 0 Å². The van der Waals surface area contributed by atoms with E-state index in [9.17, 15) is 5.11 Å². The molecule has 0 aliphatic heterocycles. The van der Waals surface area contributed by atoms with Gasteiger partial charge in [-0.15, -0.1) is 0 Å². The summed E-state index contributed by atoms with van der Waals surface area (Å²) < 4.78 is 0. The molecular weight excluding hydrogens is 370 g/mol. The maximum atomic E-state index is 10.2. The summed E-state index contributed by atoms with van der Waals surface area (Å²) >= 11 is 0. The number of hydrogen-bond donors (Lipinski definition) is 1. The molecule has 0 aromatic rings. The molecule has 30 heavy (non-hydrogen) atoms. The first-order valence-electron chi connectivity index (χ1n) is 12.6. The van der Waals surface area contributed by atoms with Gasteiger partial charge in [0.15, 0.2) is 0 Å². The third kappa shape index (κ3) is 4.31. The second-order valence-corrected chi connectivity index (χ2v) is 12.2. The average Bonchev–Trinajstić information content (AvgIpc) is 2.99. The molecule has 1 unspecified atom stereocenters. The van der Waals surface area contributed by atoms with Crippen LogP contribution < -0.4 is 0 Å². The summed E-state index contributed by atoms with van der Waals surface area (Å²) in [6.45, 7) is 12.6. The number of aliphatic hydroxyl groups excluding tert-OH is 1. The molecule has 0 saturated heterocycles. The molecule has 0 amide bonds. The molecule has 4 aliphatic rings. The smallest absolute Gasteiger partial charge is 0.0814 e. The van der Waals surface area contributed by atoms with Gasteiger partial charge in [-0.1, -0.05) is 65.5 Å². The van der Waals surface area contributed by atoms with Gasteiger partial charge in [-0.05, 0) is 97.7 Å². The van der Waals surface area contributed by atoms with Crippen molar-refractivity contribution in [2.75, 3.05) is 0 Å². The summed E-state index contributed by atoms with van der Waals surface area (Å²) in [4.78, 5) is 0. The van der Waals surface area contributed by atoms with E-state index >= 15 is 0 Å². The van der Waals surface area contributed by atoms with Gasteiger partial charge in [0.25, 0.3) is 0 Å². The third-order valence-electron chi connectivity index (χ3n) is 10.3. The number of rotatable bonds is 5. The number of hydrogen-bond acceptors (Lipinski definition) is 1. The lowest BCUT2D eigenvalue weighted by Gasteiger charge is -2.58. The van der Waals surface area contributed by atoms with Gasteiger partial charge in [0.2, 0.25) is 0 Å². The highest BCUT2D eigenvalue weighted by molar-refractivity contribution is 5.75.